The summed E-state index contributed by atoms with van der Waals surface area (Å²) in [5, 5.41) is 3.07. The summed E-state index contributed by atoms with van der Waals surface area (Å²) in [7, 11) is -1.47. The van der Waals surface area contributed by atoms with Crippen LogP contribution in [0.25, 0.3) is 0 Å². The van der Waals surface area contributed by atoms with Crippen LogP contribution in [0, 0.1) is 6.92 Å². The maximum Gasteiger partial charge on any atom is 0.252 e. The first-order valence-corrected chi connectivity index (χ1v) is 8.94. The molecule has 0 aliphatic carbocycles. The highest BCUT2D eigenvalue weighted by Crippen LogP contribution is 2.34. The van der Waals surface area contributed by atoms with Crippen molar-refractivity contribution in [3.63, 3.8) is 0 Å². The smallest absolute Gasteiger partial charge is 0.252 e. The van der Waals surface area contributed by atoms with Gasteiger partial charge in [-0.1, -0.05) is 0 Å². The lowest BCUT2D eigenvalue weighted by Gasteiger charge is -2.22. The number of likely N-dealkylation sites (N-methyl/N-ethyl adjacent to an activating group) is 1. The van der Waals surface area contributed by atoms with Gasteiger partial charge in [0.15, 0.2) is 0 Å². The summed E-state index contributed by atoms with van der Waals surface area (Å²) in [6.45, 7) is 3.25. The summed E-state index contributed by atoms with van der Waals surface area (Å²) in [6, 6.07) is 1.83. The summed E-state index contributed by atoms with van der Waals surface area (Å²) in [6.07, 6.45) is 1.88. The van der Waals surface area contributed by atoms with E-state index >= 15 is 0 Å². The Hall–Kier alpha value is 0.0500. The largest absolute Gasteiger partial charge is 0.318 e. The second-order valence-corrected chi connectivity index (χ2v) is 8.98. The van der Waals surface area contributed by atoms with Crippen molar-refractivity contribution < 1.29 is 8.42 Å². The molecule has 0 unspecified atom stereocenters. The van der Waals surface area contributed by atoms with E-state index in [1.807, 2.05) is 14.0 Å². The fourth-order valence-electron chi connectivity index (χ4n) is 2.24. The Bertz CT molecular complexity index is 508. The zero-order chi connectivity index (χ0) is 13.3. The zero-order valence-corrected chi connectivity index (χ0v) is 13.7. The van der Waals surface area contributed by atoms with Gasteiger partial charge in [0, 0.05) is 19.1 Å². The summed E-state index contributed by atoms with van der Waals surface area (Å²) >= 11 is 4.68. The highest BCUT2D eigenvalue weighted by Gasteiger charge is 2.35. The van der Waals surface area contributed by atoms with Crippen molar-refractivity contribution in [2.24, 2.45) is 0 Å². The highest BCUT2D eigenvalue weighted by atomic mass is 79.9. The number of halogens is 1. The van der Waals surface area contributed by atoms with Gasteiger partial charge in [-0.25, -0.2) is 8.42 Å². The van der Waals surface area contributed by atoms with Gasteiger partial charge in [0.05, 0.1) is 3.79 Å². The zero-order valence-electron chi connectivity index (χ0n) is 10.4. The SMILES string of the molecule is CNC[C@@H]1CCCN1S(=O)(=O)c1cc(C)c(Br)s1. The van der Waals surface area contributed by atoms with Gasteiger partial charge < -0.3 is 5.32 Å². The molecule has 1 aromatic rings. The fraction of sp³-hybridized carbons (Fsp3) is 0.636. The Balaban J connectivity index is 2.30. The van der Waals surface area contributed by atoms with Crippen LogP contribution in [0.2, 0.25) is 0 Å². The van der Waals surface area contributed by atoms with E-state index in [1.165, 1.54) is 11.3 Å². The molecule has 4 nitrogen and oxygen atoms in total. The topological polar surface area (TPSA) is 49.4 Å². The van der Waals surface area contributed by atoms with Gasteiger partial charge in [0.1, 0.15) is 4.21 Å². The molecule has 0 amide bonds. The van der Waals surface area contributed by atoms with Gasteiger partial charge in [-0.2, -0.15) is 4.31 Å². The molecule has 102 valence electrons. The van der Waals surface area contributed by atoms with Crippen LogP contribution in [0.1, 0.15) is 18.4 Å². The number of hydrogen-bond donors (Lipinski definition) is 1. The van der Waals surface area contributed by atoms with Crippen LogP contribution in [-0.2, 0) is 10.0 Å². The molecule has 0 spiro atoms. The summed E-state index contributed by atoms with van der Waals surface area (Å²) in [5.41, 5.74) is 0.975. The van der Waals surface area contributed by atoms with Crippen molar-refractivity contribution in [1.82, 2.24) is 9.62 Å². The monoisotopic (exact) mass is 352 g/mol. The van der Waals surface area contributed by atoms with Crippen molar-refractivity contribution in [2.45, 2.75) is 30.0 Å². The average Bonchev–Trinajstić information content (AvgIpc) is 2.88. The van der Waals surface area contributed by atoms with Gasteiger partial charge in [-0.15, -0.1) is 11.3 Å². The van der Waals surface area contributed by atoms with E-state index in [1.54, 1.807) is 10.4 Å². The minimum atomic E-state index is -3.33. The average molecular weight is 353 g/mol. The molecule has 1 aliphatic rings. The van der Waals surface area contributed by atoms with E-state index in [2.05, 4.69) is 21.2 Å². The molecular formula is C11H17BrN2O2S2. The molecule has 18 heavy (non-hydrogen) atoms. The number of sulfonamides is 1. The molecule has 2 heterocycles. The Kier molecular flexibility index (Phi) is 4.48. The number of nitrogens with one attached hydrogen (secondary N) is 1. The molecule has 1 N–H and O–H groups in total. The van der Waals surface area contributed by atoms with Gasteiger partial charge in [0.25, 0.3) is 10.0 Å². The second kappa shape index (κ2) is 5.58. The van der Waals surface area contributed by atoms with E-state index < -0.39 is 10.0 Å². The lowest BCUT2D eigenvalue weighted by atomic mass is 10.2. The maximum atomic E-state index is 12.6. The number of aryl methyl sites for hydroxylation is 1. The van der Waals surface area contributed by atoms with Crippen molar-refractivity contribution in [2.75, 3.05) is 20.1 Å². The van der Waals surface area contributed by atoms with Gasteiger partial charge in [0.2, 0.25) is 0 Å². The molecule has 2 rings (SSSR count). The maximum absolute atomic E-state index is 12.6. The molecule has 0 bridgehead atoms. The lowest BCUT2D eigenvalue weighted by molar-refractivity contribution is 0.380. The predicted molar refractivity (Wildman–Crippen MR) is 77.6 cm³/mol. The van der Waals surface area contributed by atoms with E-state index in [4.69, 9.17) is 0 Å². The van der Waals surface area contributed by atoms with Gasteiger partial charge in [-0.05, 0) is 54.4 Å². The van der Waals surface area contributed by atoms with Crippen LogP contribution in [-0.4, -0.2) is 38.9 Å². The normalized spacial score (nSPS) is 21.6. The van der Waals surface area contributed by atoms with Gasteiger partial charge >= 0.3 is 0 Å². The summed E-state index contributed by atoms with van der Waals surface area (Å²) in [4.78, 5) is 0. The van der Waals surface area contributed by atoms with Crippen molar-refractivity contribution in [1.29, 1.82) is 0 Å². The van der Waals surface area contributed by atoms with Crippen LogP contribution in [0.5, 0.6) is 0 Å². The van der Waals surface area contributed by atoms with Crippen LogP contribution in [0.3, 0.4) is 0 Å². The van der Waals surface area contributed by atoms with Crippen LogP contribution in [0.15, 0.2) is 14.1 Å². The fourth-order valence-corrected chi connectivity index (χ4v) is 6.29. The first-order chi connectivity index (χ1) is 8.46. The molecular weight excluding hydrogens is 336 g/mol. The standard InChI is InChI=1S/C11H17BrN2O2S2/c1-8-6-10(17-11(8)12)18(15,16)14-5-3-4-9(14)7-13-2/h6,9,13H,3-5,7H2,1-2H3/t9-/m0/s1. The van der Waals surface area contributed by atoms with Crippen LogP contribution in [0.4, 0.5) is 0 Å². The van der Waals surface area contributed by atoms with E-state index in [9.17, 15) is 8.42 Å². The lowest BCUT2D eigenvalue weighted by Crippen LogP contribution is -2.40. The minimum absolute atomic E-state index is 0.0844. The second-order valence-electron chi connectivity index (χ2n) is 4.49. The van der Waals surface area contributed by atoms with Crippen LogP contribution < -0.4 is 5.32 Å². The molecule has 1 fully saturated rings. The Morgan fingerprint density at radius 3 is 2.89 bits per heavy atom. The third-order valence-corrected chi connectivity index (χ3v) is 7.70. The van der Waals surface area contributed by atoms with E-state index in [-0.39, 0.29) is 6.04 Å². The molecule has 1 aliphatic heterocycles. The van der Waals surface area contributed by atoms with E-state index in [0.717, 1.165) is 22.2 Å². The molecule has 0 aromatic carbocycles. The number of thiophene rings is 1. The van der Waals surface area contributed by atoms with E-state index in [0.29, 0.717) is 17.3 Å². The van der Waals surface area contributed by atoms with Crippen molar-refractivity contribution in [3.8, 4) is 0 Å². The Morgan fingerprint density at radius 1 is 1.61 bits per heavy atom. The molecule has 0 saturated carbocycles. The number of nitrogens with zero attached hydrogens (tertiary/aromatic N) is 1. The molecule has 1 atom stereocenters. The summed E-state index contributed by atoms with van der Waals surface area (Å²) in [5.74, 6) is 0. The first-order valence-electron chi connectivity index (χ1n) is 5.89. The molecule has 1 saturated heterocycles. The molecule has 1 aromatic heterocycles. The van der Waals surface area contributed by atoms with Crippen LogP contribution >= 0.6 is 27.3 Å². The first kappa shape index (κ1) is 14.5. The number of hydrogen-bond acceptors (Lipinski definition) is 4. The predicted octanol–water partition coefficient (Wildman–Crippen LogP) is 2.19. The Morgan fingerprint density at radius 2 is 2.33 bits per heavy atom. The quantitative estimate of drug-likeness (QED) is 0.903. The number of rotatable bonds is 4. The third-order valence-electron chi connectivity index (χ3n) is 3.16. The van der Waals surface area contributed by atoms with Crippen molar-refractivity contribution in [3.05, 3.63) is 15.4 Å². The molecule has 0 radical (unpaired) electrons. The molecule has 7 heteroatoms. The van der Waals surface area contributed by atoms with Gasteiger partial charge in [-0.3, -0.25) is 0 Å². The Labute approximate surface area is 121 Å². The minimum Gasteiger partial charge on any atom is -0.318 e. The third kappa shape index (κ3) is 2.65. The summed E-state index contributed by atoms with van der Waals surface area (Å²) < 4.78 is 28.1. The van der Waals surface area contributed by atoms with Crippen molar-refractivity contribution >= 4 is 37.3 Å². The highest BCUT2D eigenvalue weighted by molar-refractivity contribution is 9.11.